The van der Waals surface area contributed by atoms with E-state index in [-0.39, 0.29) is 24.5 Å². The van der Waals surface area contributed by atoms with Crippen LogP contribution < -0.4 is 15.4 Å². The van der Waals surface area contributed by atoms with Crippen molar-refractivity contribution in [2.75, 3.05) is 11.9 Å². The van der Waals surface area contributed by atoms with E-state index >= 15 is 0 Å². The Balaban J connectivity index is 1.86. The van der Waals surface area contributed by atoms with Crippen molar-refractivity contribution in [3.05, 3.63) is 71.8 Å². The maximum absolute atomic E-state index is 13.0. The summed E-state index contributed by atoms with van der Waals surface area (Å²) in [6.07, 6.45) is 0.940. The highest BCUT2D eigenvalue weighted by atomic mass is 16.5. The molecule has 3 aromatic rings. The molecule has 0 fully saturated rings. The van der Waals surface area contributed by atoms with E-state index in [1.54, 1.807) is 12.1 Å². The van der Waals surface area contributed by atoms with Crippen LogP contribution in [0.3, 0.4) is 0 Å². The second-order valence-electron chi connectivity index (χ2n) is 7.21. The van der Waals surface area contributed by atoms with Crippen LogP contribution in [0.2, 0.25) is 0 Å². The van der Waals surface area contributed by atoms with Crippen molar-refractivity contribution < 1.29 is 14.3 Å². The molecule has 0 heterocycles. The van der Waals surface area contributed by atoms with Gasteiger partial charge < -0.3 is 15.4 Å². The summed E-state index contributed by atoms with van der Waals surface area (Å²) in [5.41, 5.74) is 2.30. The second kappa shape index (κ2) is 9.24. The summed E-state index contributed by atoms with van der Waals surface area (Å²) >= 11 is 0. The van der Waals surface area contributed by atoms with Crippen LogP contribution >= 0.6 is 0 Å². The quantitative estimate of drug-likeness (QED) is 0.622. The molecule has 0 saturated heterocycles. The molecule has 0 bridgehead atoms. The molecule has 0 spiro atoms. The van der Waals surface area contributed by atoms with E-state index < -0.39 is 0 Å². The Labute approximate surface area is 171 Å². The lowest BCUT2D eigenvalue weighted by molar-refractivity contribution is -0.123. The molecule has 0 aliphatic carbocycles. The number of benzene rings is 3. The monoisotopic (exact) mass is 390 g/mol. The minimum Gasteiger partial charge on any atom is -0.483 e. The maximum atomic E-state index is 13.0. The van der Waals surface area contributed by atoms with Gasteiger partial charge in [0.25, 0.3) is 11.8 Å². The number of rotatable bonds is 7. The summed E-state index contributed by atoms with van der Waals surface area (Å²) in [7, 11) is 0. The van der Waals surface area contributed by atoms with Gasteiger partial charge in [-0.05, 0) is 60.9 Å². The molecule has 0 aliphatic heterocycles. The second-order valence-corrected chi connectivity index (χ2v) is 7.21. The first-order valence-corrected chi connectivity index (χ1v) is 9.81. The van der Waals surface area contributed by atoms with E-state index in [0.717, 1.165) is 17.2 Å². The van der Waals surface area contributed by atoms with Crippen LogP contribution in [0.15, 0.2) is 60.7 Å². The summed E-state index contributed by atoms with van der Waals surface area (Å²) in [4.78, 5) is 25.0. The predicted molar refractivity (Wildman–Crippen MR) is 116 cm³/mol. The highest BCUT2D eigenvalue weighted by Crippen LogP contribution is 2.27. The molecular formula is C24H26N2O3. The van der Waals surface area contributed by atoms with E-state index in [1.807, 2.05) is 62.4 Å². The van der Waals surface area contributed by atoms with Crippen LogP contribution in [0.1, 0.15) is 36.7 Å². The number of hydrogen-bond donors (Lipinski definition) is 2. The highest BCUT2D eigenvalue weighted by Gasteiger charge is 2.16. The van der Waals surface area contributed by atoms with Gasteiger partial charge in [0.2, 0.25) is 0 Å². The molecule has 0 unspecified atom stereocenters. The van der Waals surface area contributed by atoms with Crippen LogP contribution in [0.4, 0.5) is 5.69 Å². The Morgan fingerprint density at radius 2 is 1.62 bits per heavy atom. The van der Waals surface area contributed by atoms with Crippen LogP contribution in [0, 0.1) is 0 Å². The molecule has 0 saturated carbocycles. The smallest absolute Gasteiger partial charge is 0.259 e. The molecule has 0 aromatic heterocycles. The lowest BCUT2D eigenvalue weighted by Crippen LogP contribution is -2.34. The van der Waals surface area contributed by atoms with Gasteiger partial charge in [0.05, 0.1) is 5.56 Å². The van der Waals surface area contributed by atoms with Gasteiger partial charge >= 0.3 is 0 Å². The summed E-state index contributed by atoms with van der Waals surface area (Å²) in [5.74, 6) is -0.126. The molecule has 0 radical (unpaired) electrons. The number of nitrogens with one attached hydrogen (secondary N) is 2. The standard InChI is InChI=1S/C24H26N2O3/c1-4-17-9-11-20(12-10-17)26-24(28)21-13-18-7-5-6-8-19(18)14-22(21)29-15-23(27)25-16(2)3/h5-14,16H,4,15H2,1-3H3,(H,25,27)(H,26,28). The molecule has 3 aromatic carbocycles. The van der Waals surface area contributed by atoms with Crippen molar-refractivity contribution in [2.24, 2.45) is 0 Å². The lowest BCUT2D eigenvalue weighted by Gasteiger charge is -2.14. The van der Waals surface area contributed by atoms with Crippen molar-refractivity contribution in [2.45, 2.75) is 33.2 Å². The fourth-order valence-electron chi connectivity index (χ4n) is 3.05. The van der Waals surface area contributed by atoms with Crippen molar-refractivity contribution in [1.82, 2.24) is 5.32 Å². The van der Waals surface area contributed by atoms with Gasteiger partial charge in [0.1, 0.15) is 5.75 Å². The fourth-order valence-corrected chi connectivity index (χ4v) is 3.05. The van der Waals surface area contributed by atoms with Crippen molar-refractivity contribution >= 4 is 28.3 Å². The fraction of sp³-hybridized carbons (Fsp3) is 0.250. The number of anilines is 1. The van der Waals surface area contributed by atoms with Crippen LogP contribution in [0.5, 0.6) is 5.75 Å². The van der Waals surface area contributed by atoms with Crippen LogP contribution in [-0.2, 0) is 11.2 Å². The first kappa shape index (κ1) is 20.4. The Morgan fingerprint density at radius 1 is 0.966 bits per heavy atom. The molecule has 5 heteroatoms. The van der Waals surface area contributed by atoms with Gasteiger partial charge in [-0.25, -0.2) is 0 Å². The van der Waals surface area contributed by atoms with Gasteiger partial charge in [0, 0.05) is 11.7 Å². The molecule has 0 atom stereocenters. The Hall–Kier alpha value is -3.34. The zero-order valence-electron chi connectivity index (χ0n) is 17.0. The van der Waals surface area contributed by atoms with E-state index in [2.05, 4.69) is 17.6 Å². The molecule has 2 N–H and O–H groups in total. The van der Waals surface area contributed by atoms with Gasteiger partial charge in [-0.15, -0.1) is 0 Å². The number of carbonyl (C=O) groups is 2. The SMILES string of the molecule is CCc1ccc(NC(=O)c2cc3ccccc3cc2OCC(=O)NC(C)C)cc1. The Kier molecular flexibility index (Phi) is 6.50. The van der Waals surface area contributed by atoms with Crippen LogP contribution in [-0.4, -0.2) is 24.5 Å². The summed E-state index contributed by atoms with van der Waals surface area (Å²) in [6.45, 7) is 5.71. The van der Waals surface area contributed by atoms with Gasteiger partial charge in [-0.2, -0.15) is 0 Å². The normalized spacial score (nSPS) is 10.8. The number of hydrogen-bond acceptors (Lipinski definition) is 3. The maximum Gasteiger partial charge on any atom is 0.259 e. The van der Waals surface area contributed by atoms with E-state index in [0.29, 0.717) is 17.0 Å². The first-order chi connectivity index (χ1) is 14.0. The minimum atomic E-state index is -0.278. The van der Waals surface area contributed by atoms with Crippen molar-refractivity contribution in [3.63, 3.8) is 0 Å². The molecule has 2 amide bonds. The average Bonchev–Trinajstić information content (AvgIpc) is 2.71. The number of amides is 2. The third-order valence-electron chi connectivity index (χ3n) is 4.52. The largest absolute Gasteiger partial charge is 0.483 e. The summed E-state index contributed by atoms with van der Waals surface area (Å²) in [6, 6.07) is 19.1. The topological polar surface area (TPSA) is 67.4 Å². The predicted octanol–water partition coefficient (Wildman–Crippen LogP) is 4.56. The molecule has 29 heavy (non-hydrogen) atoms. The molecule has 5 nitrogen and oxygen atoms in total. The Morgan fingerprint density at radius 3 is 2.24 bits per heavy atom. The Bertz CT molecular complexity index is 1010. The van der Waals surface area contributed by atoms with Gasteiger partial charge in [-0.3, -0.25) is 9.59 Å². The summed E-state index contributed by atoms with van der Waals surface area (Å²) < 4.78 is 5.73. The van der Waals surface area contributed by atoms with Gasteiger partial charge in [0.15, 0.2) is 6.61 Å². The first-order valence-electron chi connectivity index (χ1n) is 9.81. The molecular weight excluding hydrogens is 364 g/mol. The van der Waals surface area contributed by atoms with Crippen molar-refractivity contribution in [3.8, 4) is 5.75 Å². The molecule has 3 rings (SSSR count). The third kappa shape index (κ3) is 5.35. The van der Waals surface area contributed by atoms with Crippen molar-refractivity contribution in [1.29, 1.82) is 0 Å². The molecule has 150 valence electrons. The van der Waals surface area contributed by atoms with Gasteiger partial charge in [-0.1, -0.05) is 43.3 Å². The van der Waals surface area contributed by atoms with Crippen LogP contribution in [0.25, 0.3) is 10.8 Å². The summed E-state index contributed by atoms with van der Waals surface area (Å²) in [5, 5.41) is 7.57. The number of fused-ring (bicyclic) bond motifs is 1. The third-order valence-corrected chi connectivity index (χ3v) is 4.52. The zero-order chi connectivity index (χ0) is 20.8. The highest BCUT2D eigenvalue weighted by molar-refractivity contribution is 6.08. The van der Waals surface area contributed by atoms with E-state index in [9.17, 15) is 9.59 Å². The lowest BCUT2D eigenvalue weighted by atomic mass is 10.0. The number of aryl methyl sites for hydroxylation is 1. The van der Waals surface area contributed by atoms with E-state index in [4.69, 9.17) is 4.74 Å². The van der Waals surface area contributed by atoms with E-state index in [1.165, 1.54) is 5.56 Å². The zero-order valence-corrected chi connectivity index (χ0v) is 17.0. The number of carbonyl (C=O) groups excluding carboxylic acids is 2. The average molecular weight is 390 g/mol. The molecule has 0 aliphatic rings. The number of ether oxygens (including phenoxy) is 1. The minimum absolute atomic E-state index is 0.0246.